The maximum absolute atomic E-state index is 13.9. The van der Waals surface area contributed by atoms with Gasteiger partial charge in [0, 0.05) is 85.5 Å². The van der Waals surface area contributed by atoms with E-state index in [-0.39, 0.29) is 24.4 Å². The molecule has 2 atom stereocenters. The van der Waals surface area contributed by atoms with Crippen molar-refractivity contribution >= 4 is 130 Å². The summed E-state index contributed by atoms with van der Waals surface area (Å²) in [7, 11) is 5.63. The van der Waals surface area contributed by atoms with Crippen LogP contribution in [0.3, 0.4) is 0 Å². The van der Waals surface area contributed by atoms with E-state index in [4.69, 9.17) is 18.9 Å². The van der Waals surface area contributed by atoms with Gasteiger partial charge in [-0.25, -0.2) is 4.79 Å². The Morgan fingerprint density at radius 2 is 0.913 bits per heavy atom. The van der Waals surface area contributed by atoms with Crippen LogP contribution in [0.4, 0.5) is 21.0 Å². The average molecular weight is 1520 g/mol. The number of aryl methyl sites for hydroxylation is 2. The number of halogens is 1. The fourth-order valence-corrected chi connectivity index (χ4v) is 35.7. The number of rotatable bonds is 14. The van der Waals surface area contributed by atoms with Gasteiger partial charge < -0.3 is 9.47 Å². The van der Waals surface area contributed by atoms with Gasteiger partial charge in [-0.05, 0) is 116 Å². The van der Waals surface area contributed by atoms with Gasteiger partial charge in [0.05, 0.1) is 11.2 Å². The molecule has 4 heterocycles. The number of amides is 2. The smallest absolute Gasteiger partial charge is 0 e. The number of ether oxygens (including phenoxy) is 4. The molecule has 2 amide bonds. The molecule has 0 radical (unpaired) electrons. The number of hydrogen-bond acceptors (Lipinski definition) is 8. The van der Waals surface area contributed by atoms with Crippen LogP contribution in [0.5, 0.6) is 11.5 Å². The van der Waals surface area contributed by atoms with Crippen molar-refractivity contribution in [2.45, 2.75) is 217 Å². The molecule has 0 spiro atoms. The van der Waals surface area contributed by atoms with Crippen molar-refractivity contribution in [3.63, 3.8) is 0 Å². The van der Waals surface area contributed by atoms with Crippen molar-refractivity contribution < 1.29 is 28.5 Å². The fourth-order valence-electron chi connectivity index (χ4n) is 14.1. The number of unbranched alkanes of at least 4 members (excludes halogenated alkanes) is 3. The van der Waals surface area contributed by atoms with Crippen molar-refractivity contribution in [3.05, 3.63) is 170 Å². The Kier molecular flexibility index (Phi) is 24.8. The Bertz CT molecular complexity index is 3900. The van der Waals surface area contributed by atoms with Crippen molar-refractivity contribution in [2.24, 2.45) is 0 Å². The molecule has 6 aromatic rings. The Balaban J connectivity index is 0.000000224. The fraction of sp³-hybridized carbons (Fsp3) is 0.447. The van der Waals surface area contributed by atoms with Crippen LogP contribution in [0.2, 0.25) is 13.3 Å². The maximum atomic E-state index is 13.9. The molecule has 492 valence electrons. The van der Waals surface area contributed by atoms with Crippen LogP contribution < -0.4 is 22.9 Å². The third-order valence-corrected chi connectivity index (χ3v) is 40.6. The first-order chi connectivity index (χ1) is 43.5. The van der Waals surface area contributed by atoms with E-state index in [2.05, 4.69) is 230 Å². The number of allylic oxidation sites excluding steroid dienone is 2. The van der Waals surface area contributed by atoms with Crippen LogP contribution in [0.15, 0.2) is 126 Å². The summed E-state index contributed by atoms with van der Waals surface area (Å²) in [4.78, 5) is 31.1. The molecular weight excluding hydrogens is 1430 g/mol. The number of fused-ring (bicyclic) bond motifs is 10. The van der Waals surface area contributed by atoms with Gasteiger partial charge in [0.25, 0.3) is 0 Å². The Morgan fingerprint density at radius 3 is 1.26 bits per heavy atom. The molecule has 92 heavy (non-hydrogen) atoms. The van der Waals surface area contributed by atoms with Crippen LogP contribution in [0.1, 0.15) is 199 Å². The van der Waals surface area contributed by atoms with E-state index in [1.165, 1.54) is 126 Å². The monoisotopic (exact) mass is 1520 g/mol. The largest absolute Gasteiger partial charge is 0 e. The van der Waals surface area contributed by atoms with E-state index in [0.29, 0.717) is 6.42 Å². The Labute approximate surface area is 584 Å². The SMILES string of the molecule is CC1=CC(C)(C)N(C(=O)OC(C)(C)C)c2ccc3c(c21)C(Cc1ccc(Br)cc1)Oc1cccc(C)c1-3.CCC[CH2][Sn]([CH2]CCC)([CH2]CCC)[c]1ccc(CC2Oc3cccc(C)c3-c3ccc4c(c32)C(C)=CC(C)(C)N4C(=O)OC(C)(C)C)cc1.S=S=S=S=S=S. The molecule has 0 saturated heterocycles. The number of carbonyl (C=O) groups is 2. The molecule has 0 aromatic heterocycles. The zero-order valence-corrected chi connectivity index (χ0v) is 66.5. The second-order valence-electron chi connectivity index (χ2n) is 28.1. The van der Waals surface area contributed by atoms with E-state index in [1.807, 2.05) is 52.5 Å². The third kappa shape index (κ3) is 17.0. The first kappa shape index (κ1) is 73.4. The zero-order valence-electron chi connectivity index (χ0n) is 57.2. The van der Waals surface area contributed by atoms with Crippen molar-refractivity contribution in [1.29, 1.82) is 0 Å². The van der Waals surface area contributed by atoms with Gasteiger partial charge >= 0.3 is 283 Å². The molecule has 4 aliphatic rings. The Morgan fingerprint density at radius 1 is 0.543 bits per heavy atom. The van der Waals surface area contributed by atoms with Gasteiger partial charge in [-0.15, -0.1) is 0 Å². The molecule has 0 N–H and O–H groups in total. The number of hydrogen-bond donors (Lipinski definition) is 0. The quantitative estimate of drug-likeness (QED) is 0.0999. The van der Waals surface area contributed by atoms with Gasteiger partial charge in [-0.2, -0.15) is 0 Å². The van der Waals surface area contributed by atoms with Gasteiger partial charge in [-0.3, -0.25) is 4.90 Å². The number of benzene rings is 6. The molecule has 0 saturated carbocycles. The van der Waals surface area contributed by atoms with E-state index in [1.54, 1.807) is 8.48 Å². The van der Waals surface area contributed by atoms with Crippen molar-refractivity contribution in [2.75, 3.05) is 9.80 Å². The molecule has 0 fully saturated rings. The molecular formula is C76H95BrN2O6S6Sn. The first-order valence-electron chi connectivity index (χ1n) is 32.6. The second-order valence-corrected chi connectivity index (χ2v) is 49.4. The Hall–Kier alpha value is -4.46. The minimum Gasteiger partial charge on any atom is 0 e. The molecule has 6 aromatic carbocycles. The predicted octanol–water partition coefficient (Wildman–Crippen LogP) is 21.4. The predicted molar refractivity (Wildman–Crippen MR) is 410 cm³/mol. The summed E-state index contributed by atoms with van der Waals surface area (Å²) in [6, 6.07) is 39.4. The van der Waals surface area contributed by atoms with Crippen LogP contribution in [0.25, 0.3) is 33.4 Å². The van der Waals surface area contributed by atoms with Gasteiger partial charge in [0.15, 0.2) is 0 Å². The van der Waals surface area contributed by atoms with E-state index in [9.17, 15) is 9.59 Å². The van der Waals surface area contributed by atoms with Crippen LogP contribution in [-0.4, -0.2) is 52.8 Å². The second kappa shape index (κ2) is 31.2. The molecule has 8 nitrogen and oxygen atoms in total. The summed E-state index contributed by atoms with van der Waals surface area (Å²) in [5.74, 6) is 1.83. The third-order valence-electron chi connectivity index (χ3n) is 17.8. The number of anilines is 2. The average Bonchev–Trinajstić information content (AvgIpc) is 0.729. The van der Waals surface area contributed by atoms with E-state index in [0.717, 1.165) is 72.7 Å². The number of nitrogens with zero attached hydrogens (tertiary/aromatic N) is 2. The standard InChI is InChI=1S/C32H34BrNO3.C32H34NO3.3C4H9.S6.Sn/c1-19-9-8-10-25-27(19)23-15-16-24-28(29(23)26(36-25)17-21-11-13-22(33)14-12-21)20(2)18-32(6,7)34(24)30(35)37-31(3,4)5;1-20-12-11-15-25-27(20)23-16-17-24-28(29(23)26(35-25)18-22-13-9-8-10-14-22)21(2)19-32(6,7)33(24)30(34)36-31(3,4)5;3*1-3-4-2;1-3-5-6-4-2;/h8-16,18,26H,17H2,1-7H3;9-17,19,26H,18H2,1-7H3;3*1,3-4H2,2H3;;. The normalized spacial score (nSPS) is 16.4. The molecule has 0 aliphatic carbocycles. The molecule has 16 heteroatoms. The minimum atomic E-state index is -2.53. The summed E-state index contributed by atoms with van der Waals surface area (Å²) < 4.78 is 32.8. The van der Waals surface area contributed by atoms with Crippen LogP contribution >= 0.6 is 15.9 Å². The maximum Gasteiger partial charge on any atom is 0 e. The topological polar surface area (TPSA) is 77.5 Å². The van der Waals surface area contributed by atoms with Crippen LogP contribution in [-0.2, 0) is 80.2 Å². The van der Waals surface area contributed by atoms with Crippen molar-refractivity contribution in [1.82, 2.24) is 0 Å². The molecule has 10 rings (SSSR count). The summed E-state index contributed by atoms with van der Waals surface area (Å²) in [5.41, 5.74) is 15.7. The summed E-state index contributed by atoms with van der Waals surface area (Å²) in [6.45, 7) is 35.4. The van der Waals surface area contributed by atoms with Crippen LogP contribution in [0, 0.1) is 13.8 Å². The summed E-state index contributed by atoms with van der Waals surface area (Å²) in [6.07, 6.45) is 12.8. The molecule has 2 unspecified atom stereocenters. The van der Waals surface area contributed by atoms with Gasteiger partial charge in [0.1, 0.15) is 23.1 Å². The summed E-state index contributed by atoms with van der Waals surface area (Å²) in [5, 5.41) is 0. The van der Waals surface area contributed by atoms with Gasteiger partial charge in [0.2, 0.25) is 0 Å². The minimum absolute atomic E-state index is 0.191. The van der Waals surface area contributed by atoms with E-state index < -0.39 is 40.7 Å². The molecule has 4 aliphatic heterocycles. The van der Waals surface area contributed by atoms with Gasteiger partial charge in [-0.1, -0.05) is 52.3 Å². The van der Waals surface area contributed by atoms with Crippen molar-refractivity contribution in [3.8, 4) is 33.8 Å². The number of carbonyl (C=O) groups excluding carboxylic acids is 2. The zero-order chi connectivity index (χ0) is 67.1. The molecule has 0 bridgehead atoms. The van der Waals surface area contributed by atoms with E-state index >= 15 is 0 Å². The summed E-state index contributed by atoms with van der Waals surface area (Å²) >= 11 is 10.0. The first-order valence-corrected chi connectivity index (χ1v) is 47.5.